The van der Waals surface area contributed by atoms with Crippen LogP contribution in [0.25, 0.3) is 0 Å². The number of H-pyrrole nitrogens is 1. The number of benzene rings is 1. The van der Waals surface area contributed by atoms with E-state index in [1.165, 1.54) is 11.8 Å². The quantitative estimate of drug-likeness (QED) is 0.711. The molecule has 0 bridgehead atoms. The van der Waals surface area contributed by atoms with Gasteiger partial charge in [0, 0.05) is 17.0 Å². The maximum atomic E-state index is 11.6. The monoisotopic (exact) mass is 262 g/mol. The second-order valence-corrected chi connectivity index (χ2v) is 4.74. The minimum absolute atomic E-state index is 0.0237. The van der Waals surface area contributed by atoms with Crippen LogP contribution in [-0.4, -0.2) is 21.9 Å². The highest BCUT2D eigenvalue weighted by Gasteiger charge is 2.05. The molecule has 5 nitrogen and oxygen atoms in total. The third-order valence-electron chi connectivity index (χ3n) is 2.34. The van der Waals surface area contributed by atoms with Crippen molar-refractivity contribution in [3.63, 3.8) is 0 Å². The van der Waals surface area contributed by atoms with Crippen molar-refractivity contribution in [2.75, 3.05) is 11.5 Å². The fourth-order valence-corrected chi connectivity index (χ4v) is 2.12. The van der Waals surface area contributed by atoms with Crippen LogP contribution in [0.2, 0.25) is 0 Å². The molecule has 2 rings (SSSR count). The van der Waals surface area contributed by atoms with Crippen molar-refractivity contribution in [3.05, 3.63) is 42.1 Å². The number of nitrogens with one attached hydrogen (secondary N) is 2. The maximum absolute atomic E-state index is 11.6. The summed E-state index contributed by atoms with van der Waals surface area (Å²) in [6, 6.07) is 9.81. The number of hydrogen-bond acceptors (Lipinski definition) is 4. The highest BCUT2D eigenvalue weighted by atomic mass is 32.2. The SMILES string of the molecule is Nc1[nH]ncc1CNC(=O)CSc1ccccc1. The third kappa shape index (κ3) is 3.53. The first-order valence-electron chi connectivity index (χ1n) is 5.48. The summed E-state index contributed by atoms with van der Waals surface area (Å²) in [5, 5.41) is 9.20. The van der Waals surface area contributed by atoms with Crippen LogP contribution in [0.1, 0.15) is 5.56 Å². The Morgan fingerprint density at radius 3 is 2.83 bits per heavy atom. The highest BCUT2D eigenvalue weighted by Crippen LogP contribution is 2.16. The van der Waals surface area contributed by atoms with Gasteiger partial charge >= 0.3 is 0 Å². The van der Waals surface area contributed by atoms with Gasteiger partial charge in [-0.05, 0) is 12.1 Å². The Bertz CT molecular complexity index is 512. The van der Waals surface area contributed by atoms with E-state index in [1.807, 2.05) is 30.3 Å². The topological polar surface area (TPSA) is 83.8 Å². The van der Waals surface area contributed by atoms with Crippen molar-refractivity contribution in [1.29, 1.82) is 0 Å². The van der Waals surface area contributed by atoms with Gasteiger partial charge in [0.25, 0.3) is 0 Å². The van der Waals surface area contributed by atoms with E-state index >= 15 is 0 Å². The lowest BCUT2D eigenvalue weighted by molar-refractivity contribution is -0.118. The summed E-state index contributed by atoms with van der Waals surface area (Å²) < 4.78 is 0. The second kappa shape index (κ2) is 6.11. The van der Waals surface area contributed by atoms with Gasteiger partial charge in [0.1, 0.15) is 5.82 Å². The lowest BCUT2D eigenvalue weighted by Crippen LogP contribution is -2.24. The molecular formula is C12H14N4OS. The molecule has 94 valence electrons. The molecule has 6 heteroatoms. The van der Waals surface area contributed by atoms with E-state index in [4.69, 9.17) is 5.73 Å². The average molecular weight is 262 g/mol. The number of amides is 1. The van der Waals surface area contributed by atoms with Gasteiger partial charge in [0.05, 0.1) is 11.9 Å². The number of rotatable bonds is 5. The molecule has 0 aliphatic rings. The summed E-state index contributed by atoms with van der Waals surface area (Å²) in [4.78, 5) is 12.7. The number of carbonyl (C=O) groups is 1. The van der Waals surface area contributed by atoms with E-state index in [0.717, 1.165) is 10.5 Å². The fraction of sp³-hybridized carbons (Fsp3) is 0.167. The lowest BCUT2D eigenvalue weighted by Gasteiger charge is -2.04. The number of nitrogens with two attached hydrogens (primary N) is 1. The molecule has 0 spiro atoms. The van der Waals surface area contributed by atoms with Gasteiger partial charge in [0.15, 0.2) is 0 Å². The summed E-state index contributed by atoms with van der Waals surface area (Å²) in [6.45, 7) is 0.399. The van der Waals surface area contributed by atoms with Crippen molar-refractivity contribution in [1.82, 2.24) is 15.5 Å². The van der Waals surface area contributed by atoms with E-state index in [1.54, 1.807) is 6.20 Å². The average Bonchev–Trinajstić information content (AvgIpc) is 2.81. The number of hydrogen-bond donors (Lipinski definition) is 3. The van der Waals surface area contributed by atoms with Crippen LogP contribution in [0, 0.1) is 0 Å². The Kier molecular flexibility index (Phi) is 4.25. The predicted octanol–water partition coefficient (Wildman–Crippen LogP) is 1.40. The molecule has 2 aromatic rings. The zero-order chi connectivity index (χ0) is 12.8. The number of aromatic amines is 1. The van der Waals surface area contributed by atoms with Gasteiger partial charge in [-0.25, -0.2) is 0 Å². The van der Waals surface area contributed by atoms with Crippen molar-refractivity contribution < 1.29 is 4.79 Å². The highest BCUT2D eigenvalue weighted by molar-refractivity contribution is 8.00. The molecule has 0 atom stereocenters. The Balaban J connectivity index is 1.75. The molecule has 0 saturated heterocycles. The van der Waals surface area contributed by atoms with E-state index < -0.39 is 0 Å². The molecule has 0 saturated carbocycles. The first kappa shape index (κ1) is 12.5. The zero-order valence-electron chi connectivity index (χ0n) is 9.72. The van der Waals surface area contributed by atoms with Gasteiger partial charge < -0.3 is 11.1 Å². The molecule has 1 aromatic carbocycles. The summed E-state index contributed by atoms with van der Waals surface area (Å²) in [5.74, 6) is 0.859. The molecule has 4 N–H and O–H groups in total. The summed E-state index contributed by atoms with van der Waals surface area (Å²) in [5.41, 5.74) is 6.42. The summed E-state index contributed by atoms with van der Waals surface area (Å²) in [6.07, 6.45) is 1.61. The fourth-order valence-electron chi connectivity index (χ4n) is 1.37. The first-order chi connectivity index (χ1) is 8.75. The molecule has 1 aromatic heterocycles. The van der Waals surface area contributed by atoms with E-state index in [-0.39, 0.29) is 5.91 Å². The predicted molar refractivity (Wildman–Crippen MR) is 72.0 cm³/mol. The molecule has 0 fully saturated rings. The van der Waals surface area contributed by atoms with E-state index in [9.17, 15) is 4.79 Å². The Hall–Kier alpha value is -1.95. The summed E-state index contributed by atoms with van der Waals surface area (Å²) in [7, 11) is 0. The van der Waals surface area contributed by atoms with Gasteiger partial charge in [-0.2, -0.15) is 5.10 Å². The van der Waals surface area contributed by atoms with Gasteiger partial charge in [-0.3, -0.25) is 9.89 Å². The number of nitrogen functional groups attached to an aromatic ring is 1. The smallest absolute Gasteiger partial charge is 0.230 e. The van der Waals surface area contributed by atoms with Crippen LogP contribution in [0.4, 0.5) is 5.82 Å². The molecule has 18 heavy (non-hydrogen) atoms. The number of nitrogens with zero attached hydrogens (tertiary/aromatic N) is 1. The maximum Gasteiger partial charge on any atom is 0.230 e. The van der Waals surface area contributed by atoms with Crippen LogP contribution < -0.4 is 11.1 Å². The van der Waals surface area contributed by atoms with Crippen molar-refractivity contribution >= 4 is 23.5 Å². The van der Waals surface area contributed by atoms with E-state index in [0.29, 0.717) is 18.1 Å². The van der Waals surface area contributed by atoms with Gasteiger partial charge in [-0.1, -0.05) is 18.2 Å². The largest absolute Gasteiger partial charge is 0.384 e. The molecule has 0 aliphatic carbocycles. The minimum Gasteiger partial charge on any atom is -0.384 e. The minimum atomic E-state index is -0.0237. The van der Waals surface area contributed by atoms with Crippen molar-refractivity contribution in [2.24, 2.45) is 0 Å². The first-order valence-corrected chi connectivity index (χ1v) is 6.46. The number of carbonyl (C=O) groups excluding carboxylic acids is 1. The second-order valence-electron chi connectivity index (χ2n) is 3.69. The van der Waals surface area contributed by atoms with Crippen LogP contribution in [0.15, 0.2) is 41.4 Å². The molecule has 1 amide bonds. The molecule has 0 radical (unpaired) electrons. The Morgan fingerprint density at radius 1 is 1.39 bits per heavy atom. The van der Waals surface area contributed by atoms with Crippen LogP contribution >= 0.6 is 11.8 Å². The number of anilines is 1. The normalized spacial score (nSPS) is 10.2. The molecule has 0 aliphatic heterocycles. The molecule has 1 heterocycles. The van der Waals surface area contributed by atoms with Gasteiger partial charge in [0.2, 0.25) is 5.91 Å². The number of aromatic nitrogens is 2. The Labute approximate surface area is 109 Å². The van der Waals surface area contributed by atoms with Crippen molar-refractivity contribution in [3.8, 4) is 0 Å². The third-order valence-corrected chi connectivity index (χ3v) is 3.35. The van der Waals surface area contributed by atoms with Crippen LogP contribution in [0.5, 0.6) is 0 Å². The van der Waals surface area contributed by atoms with Crippen LogP contribution in [-0.2, 0) is 11.3 Å². The Morgan fingerprint density at radius 2 is 2.17 bits per heavy atom. The zero-order valence-corrected chi connectivity index (χ0v) is 10.5. The molecule has 0 unspecified atom stereocenters. The lowest BCUT2D eigenvalue weighted by atomic mass is 10.3. The number of thioether (sulfide) groups is 1. The molecular weight excluding hydrogens is 248 g/mol. The van der Waals surface area contributed by atoms with Crippen molar-refractivity contribution in [2.45, 2.75) is 11.4 Å². The van der Waals surface area contributed by atoms with E-state index in [2.05, 4.69) is 15.5 Å². The van der Waals surface area contributed by atoms with Gasteiger partial charge in [-0.15, -0.1) is 11.8 Å². The van der Waals surface area contributed by atoms with Crippen LogP contribution in [0.3, 0.4) is 0 Å². The summed E-state index contributed by atoms with van der Waals surface area (Å²) >= 11 is 1.50. The standard InChI is InChI=1S/C12H14N4OS/c13-12-9(7-15-16-12)6-14-11(17)8-18-10-4-2-1-3-5-10/h1-5,7H,6,8H2,(H,14,17)(H3,13,15,16).